The molecule has 2 N–H and O–H groups in total. The normalized spacial score (nSPS) is 13.8. The SMILES string of the molecule is CCOc1cc([C@@H](CCN(C)C)N2Cc3cccc(NC(=O)O)c3C2=O)ccc1OC. The second-order valence-corrected chi connectivity index (χ2v) is 7.65. The monoisotopic (exact) mass is 427 g/mol. The number of amides is 2. The standard InChI is InChI=1S/C23H29N3O5/c1-5-31-20-13-15(9-10-19(20)30-4)18(11-12-25(2)3)26-14-16-7-6-8-17(24-23(28)29)21(16)22(26)27/h6-10,13,18,24H,5,11-12,14H2,1-4H3,(H,28,29)/t18-/m1/s1. The van der Waals surface area contributed by atoms with Crippen molar-refractivity contribution in [2.45, 2.75) is 25.9 Å². The van der Waals surface area contributed by atoms with Crippen LogP contribution in [0.1, 0.15) is 40.9 Å². The Morgan fingerprint density at radius 3 is 2.68 bits per heavy atom. The van der Waals surface area contributed by atoms with Crippen LogP contribution in [-0.2, 0) is 6.54 Å². The maximum absolute atomic E-state index is 13.4. The lowest BCUT2D eigenvalue weighted by atomic mass is 10.0. The van der Waals surface area contributed by atoms with Gasteiger partial charge in [-0.1, -0.05) is 18.2 Å². The summed E-state index contributed by atoms with van der Waals surface area (Å²) in [5.41, 5.74) is 2.48. The van der Waals surface area contributed by atoms with Crippen molar-refractivity contribution < 1.29 is 24.2 Å². The van der Waals surface area contributed by atoms with Crippen LogP contribution < -0.4 is 14.8 Å². The fourth-order valence-electron chi connectivity index (χ4n) is 3.91. The minimum absolute atomic E-state index is 0.183. The van der Waals surface area contributed by atoms with Crippen molar-refractivity contribution in [3.05, 3.63) is 53.1 Å². The molecule has 0 saturated carbocycles. The molecule has 0 saturated heterocycles. The summed E-state index contributed by atoms with van der Waals surface area (Å²) in [6, 6.07) is 10.8. The van der Waals surface area contributed by atoms with Crippen LogP contribution in [-0.4, -0.2) is 61.3 Å². The van der Waals surface area contributed by atoms with E-state index in [-0.39, 0.29) is 11.9 Å². The van der Waals surface area contributed by atoms with Gasteiger partial charge in [0.25, 0.3) is 5.91 Å². The van der Waals surface area contributed by atoms with Crippen LogP contribution in [0.2, 0.25) is 0 Å². The lowest BCUT2D eigenvalue weighted by Crippen LogP contribution is -2.32. The predicted molar refractivity (Wildman–Crippen MR) is 118 cm³/mol. The van der Waals surface area contributed by atoms with Crippen molar-refractivity contribution in [2.24, 2.45) is 0 Å². The average molecular weight is 428 g/mol. The zero-order valence-electron chi connectivity index (χ0n) is 18.3. The van der Waals surface area contributed by atoms with Crippen LogP contribution in [0.4, 0.5) is 10.5 Å². The van der Waals surface area contributed by atoms with Gasteiger partial charge in [-0.25, -0.2) is 4.79 Å². The molecule has 2 amide bonds. The highest BCUT2D eigenvalue weighted by Crippen LogP contribution is 2.39. The fraction of sp³-hybridized carbons (Fsp3) is 0.391. The maximum atomic E-state index is 13.4. The van der Waals surface area contributed by atoms with Crippen molar-refractivity contribution in [2.75, 3.05) is 39.7 Å². The molecule has 8 nitrogen and oxygen atoms in total. The summed E-state index contributed by atoms with van der Waals surface area (Å²) in [6.45, 7) is 3.60. The molecule has 8 heteroatoms. The number of anilines is 1. The lowest BCUT2D eigenvalue weighted by Gasteiger charge is -2.30. The molecule has 166 valence electrons. The van der Waals surface area contributed by atoms with E-state index < -0.39 is 6.09 Å². The van der Waals surface area contributed by atoms with Crippen LogP contribution >= 0.6 is 0 Å². The Morgan fingerprint density at radius 2 is 2.03 bits per heavy atom. The van der Waals surface area contributed by atoms with E-state index >= 15 is 0 Å². The van der Waals surface area contributed by atoms with Gasteiger partial charge in [0.1, 0.15) is 0 Å². The number of nitrogens with zero attached hydrogens (tertiary/aromatic N) is 2. The summed E-state index contributed by atoms with van der Waals surface area (Å²) in [7, 11) is 5.58. The van der Waals surface area contributed by atoms with Crippen LogP contribution in [0.5, 0.6) is 11.5 Å². The number of rotatable bonds is 9. The van der Waals surface area contributed by atoms with Crippen LogP contribution in [0.25, 0.3) is 0 Å². The highest BCUT2D eigenvalue weighted by atomic mass is 16.5. The van der Waals surface area contributed by atoms with Crippen molar-refractivity contribution in [3.63, 3.8) is 0 Å². The van der Waals surface area contributed by atoms with E-state index in [1.807, 2.05) is 45.3 Å². The molecule has 31 heavy (non-hydrogen) atoms. The van der Waals surface area contributed by atoms with Crippen molar-refractivity contribution in [3.8, 4) is 11.5 Å². The molecule has 1 heterocycles. The second kappa shape index (κ2) is 9.70. The number of carbonyl (C=O) groups is 2. The summed E-state index contributed by atoms with van der Waals surface area (Å²) in [5, 5.41) is 11.5. The first-order valence-electron chi connectivity index (χ1n) is 10.2. The number of ether oxygens (including phenoxy) is 2. The first-order chi connectivity index (χ1) is 14.8. The maximum Gasteiger partial charge on any atom is 0.409 e. The van der Waals surface area contributed by atoms with E-state index in [1.54, 1.807) is 24.1 Å². The third-order valence-corrected chi connectivity index (χ3v) is 5.31. The van der Waals surface area contributed by atoms with Crippen LogP contribution in [0, 0.1) is 0 Å². The van der Waals surface area contributed by atoms with Gasteiger partial charge < -0.3 is 24.4 Å². The largest absolute Gasteiger partial charge is 0.493 e. The lowest BCUT2D eigenvalue weighted by molar-refractivity contribution is 0.0684. The van der Waals surface area contributed by atoms with Gasteiger partial charge in [0.2, 0.25) is 0 Å². The highest BCUT2D eigenvalue weighted by Gasteiger charge is 2.35. The number of benzene rings is 2. The summed E-state index contributed by atoms with van der Waals surface area (Å²) < 4.78 is 11.1. The Kier molecular flexibility index (Phi) is 7.02. The smallest absolute Gasteiger partial charge is 0.409 e. The fourth-order valence-corrected chi connectivity index (χ4v) is 3.91. The number of nitrogens with one attached hydrogen (secondary N) is 1. The van der Waals surface area contributed by atoms with Crippen molar-refractivity contribution in [1.82, 2.24) is 9.80 Å². The Balaban J connectivity index is 1.99. The van der Waals surface area contributed by atoms with Gasteiger partial charge in [0.15, 0.2) is 11.5 Å². The molecular formula is C23H29N3O5. The van der Waals surface area contributed by atoms with Crippen molar-refractivity contribution >= 4 is 17.7 Å². The molecule has 1 atom stereocenters. The van der Waals surface area contributed by atoms with Gasteiger partial charge in [-0.3, -0.25) is 10.1 Å². The summed E-state index contributed by atoms with van der Waals surface area (Å²) in [5.74, 6) is 1.09. The van der Waals surface area contributed by atoms with Gasteiger partial charge in [0, 0.05) is 6.54 Å². The Bertz CT molecular complexity index is 960. The van der Waals surface area contributed by atoms with Gasteiger partial charge >= 0.3 is 6.09 Å². The summed E-state index contributed by atoms with van der Waals surface area (Å²) >= 11 is 0. The third kappa shape index (κ3) is 4.91. The van der Waals surface area contributed by atoms with E-state index in [1.165, 1.54) is 0 Å². The number of methoxy groups -OCH3 is 1. The first-order valence-corrected chi connectivity index (χ1v) is 10.2. The van der Waals surface area contributed by atoms with Crippen LogP contribution in [0.15, 0.2) is 36.4 Å². The minimum Gasteiger partial charge on any atom is -0.493 e. The number of carboxylic acid groups (broad SMARTS) is 1. The molecule has 0 unspecified atom stereocenters. The molecule has 0 fully saturated rings. The number of hydrogen-bond donors (Lipinski definition) is 2. The Hall–Kier alpha value is -3.26. The van der Waals surface area contributed by atoms with Gasteiger partial charge in [-0.2, -0.15) is 0 Å². The number of hydrogen-bond acceptors (Lipinski definition) is 5. The summed E-state index contributed by atoms with van der Waals surface area (Å²) in [4.78, 5) is 28.5. The zero-order valence-corrected chi connectivity index (χ0v) is 18.3. The zero-order chi connectivity index (χ0) is 22.5. The molecule has 0 spiro atoms. The molecule has 3 rings (SSSR count). The topological polar surface area (TPSA) is 91.3 Å². The second-order valence-electron chi connectivity index (χ2n) is 7.65. The average Bonchev–Trinajstić information content (AvgIpc) is 3.05. The van der Waals surface area contributed by atoms with Gasteiger partial charge in [0.05, 0.1) is 31.0 Å². The van der Waals surface area contributed by atoms with E-state index in [4.69, 9.17) is 14.6 Å². The molecule has 0 aromatic heterocycles. The first kappa shape index (κ1) is 22.4. The minimum atomic E-state index is -1.19. The molecule has 1 aliphatic heterocycles. The van der Waals surface area contributed by atoms with E-state index in [0.717, 1.165) is 17.7 Å². The Morgan fingerprint density at radius 1 is 1.26 bits per heavy atom. The third-order valence-electron chi connectivity index (χ3n) is 5.31. The van der Waals surface area contributed by atoms with Crippen LogP contribution in [0.3, 0.4) is 0 Å². The molecular weight excluding hydrogens is 398 g/mol. The van der Waals surface area contributed by atoms with Gasteiger partial charge in [-0.05, 0) is 63.3 Å². The molecule has 2 aromatic rings. The quantitative estimate of drug-likeness (QED) is 0.632. The summed E-state index contributed by atoms with van der Waals surface area (Å²) in [6.07, 6.45) is -0.480. The van der Waals surface area contributed by atoms with E-state index in [9.17, 15) is 9.59 Å². The Labute approximate surface area is 182 Å². The molecule has 2 aromatic carbocycles. The number of fused-ring (bicyclic) bond motifs is 1. The molecule has 0 aliphatic carbocycles. The van der Waals surface area contributed by atoms with E-state index in [0.29, 0.717) is 42.3 Å². The highest BCUT2D eigenvalue weighted by molar-refractivity contribution is 6.05. The van der Waals surface area contributed by atoms with Crippen molar-refractivity contribution in [1.29, 1.82) is 0 Å². The van der Waals surface area contributed by atoms with E-state index in [2.05, 4.69) is 10.2 Å². The predicted octanol–water partition coefficient (Wildman–Crippen LogP) is 3.83. The molecule has 0 radical (unpaired) electrons. The molecule has 0 bridgehead atoms. The van der Waals surface area contributed by atoms with Gasteiger partial charge in [-0.15, -0.1) is 0 Å². The molecule has 1 aliphatic rings. The number of carbonyl (C=O) groups excluding carboxylic acids is 1.